The van der Waals surface area contributed by atoms with E-state index in [1.165, 1.54) is 6.07 Å². The van der Waals surface area contributed by atoms with Crippen molar-refractivity contribution < 1.29 is 14.0 Å². The quantitative estimate of drug-likeness (QED) is 0.586. The van der Waals surface area contributed by atoms with Gasteiger partial charge in [-0.1, -0.05) is 30.3 Å². The number of rotatable bonds is 4. The number of benzene rings is 3. The van der Waals surface area contributed by atoms with Gasteiger partial charge in [0.15, 0.2) is 0 Å². The Morgan fingerprint density at radius 3 is 2.15 bits per heavy atom. The molecule has 0 radical (unpaired) electrons. The molecule has 0 aliphatic heterocycles. The number of carbonyl (C=O) groups excluding carboxylic acids is 2. The van der Waals surface area contributed by atoms with E-state index < -0.39 is 11.7 Å². The minimum Gasteiger partial charge on any atom is -0.321 e. The molecule has 136 valence electrons. The van der Waals surface area contributed by atoms with Crippen LogP contribution in [-0.4, -0.2) is 11.8 Å². The molecule has 4 nitrogen and oxygen atoms in total. The smallest absolute Gasteiger partial charge is 0.257 e. The first kappa shape index (κ1) is 18.8. The molecule has 0 saturated heterocycles. The number of para-hydroxylation sites is 1. The third-order valence-corrected chi connectivity index (χ3v) is 4.60. The van der Waals surface area contributed by atoms with E-state index in [2.05, 4.69) is 26.6 Å². The normalized spacial score (nSPS) is 10.3. The fourth-order valence-corrected chi connectivity index (χ4v) is 3.01. The van der Waals surface area contributed by atoms with Crippen LogP contribution in [0.5, 0.6) is 0 Å². The lowest BCUT2D eigenvalue weighted by Gasteiger charge is -2.13. The first-order chi connectivity index (χ1) is 13.0. The van der Waals surface area contributed by atoms with Gasteiger partial charge in [0.25, 0.3) is 11.8 Å². The molecular formula is C21H16BrFN2O2. The molecule has 0 aliphatic rings. The molecule has 0 saturated carbocycles. The molecule has 2 amide bonds. The number of halogens is 2. The van der Waals surface area contributed by atoms with Gasteiger partial charge in [0.1, 0.15) is 5.82 Å². The molecule has 0 atom stereocenters. The standard InChI is InChI=1S/C21H16BrFN2O2/c1-13-10-11-17(23)19(12-13)25-21(27)15-7-3-5-9-18(15)24-20(26)14-6-2-4-8-16(14)22/h2-12H,1H3,(H,24,26)(H,25,27). The molecule has 3 aromatic carbocycles. The topological polar surface area (TPSA) is 58.2 Å². The Balaban J connectivity index is 1.85. The first-order valence-corrected chi connectivity index (χ1v) is 8.97. The molecule has 0 aliphatic carbocycles. The third-order valence-electron chi connectivity index (χ3n) is 3.91. The molecule has 0 unspecified atom stereocenters. The maximum absolute atomic E-state index is 13.9. The summed E-state index contributed by atoms with van der Waals surface area (Å²) in [6.45, 7) is 1.81. The summed E-state index contributed by atoms with van der Waals surface area (Å²) in [7, 11) is 0. The van der Waals surface area contributed by atoms with Gasteiger partial charge >= 0.3 is 0 Å². The fraction of sp³-hybridized carbons (Fsp3) is 0.0476. The van der Waals surface area contributed by atoms with Gasteiger partial charge in [-0.3, -0.25) is 9.59 Å². The summed E-state index contributed by atoms with van der Waals surface area (Å²) in [5.74, 6) is -1.39. The van der Waals surface area contributed by atoms with Crippen LogP contribution in [0.3, 0.4) is 0 Å². The van der Waals surface area contributed by atoms with E-state index in [0.29, 0.717) is 15.7 Å². The lowest BCUT2D eigenvalue weighted by Crippen LogP contribution is -2.19. The highest BCUT2D eigenvalue weighted by atomic mass is 79.9. The number of carbonyl (C=O) groups is 2. The first-order valence-electron chi connectivity index (χ1n) is 8.18. The van der Waals surface area contributed by atoms with Crippen molar-refractivity contribution in [3.05, 3.63) is 93.7 Å². The van der Waals surface area contributed by atoms with Gasteiger partial charge in [-0.15, -0.1) is 0 Å². The van der Waals surface area contributed by atoms with E-state index in [-0.39, 0.29) is 17.2 Å². The number of anilines is 2. The van der Waals surface area contributed by atoms with Crippen LogP contribution < -0.4 is 10.6 Å². The average Bonchev–Trinajstić information content (AvgIpc) is 2.65. The van der Waals surface area contributed by atoms with Crippen LogP contribution in [0.1, 0.15) is 26.3 Å². The van der Waals surface area contributed by atoms with E-state index in [1.807, 2.05) is 0 Å². The minimum absolute atomic E-state index is 0.0898. The molecule has 0 spiro atoms. The lowest BCUT2D eigenvalue weighted by molar-refractivity contribution is 0.102. The predicted molar refractivity (Wildman–Crippen MR) is 108 cm³/mol. The summed E-state index contributed by atoms with van der Waals surface area (Å²) in [6.07, 6.45) is 0. The minimum atomic E-state index is -0.524. The van der Waals surface area contributed by atoms with E-state index >= 15 is 0 Å². The van der Waals surface area contributed by atoms with E-state index in [0.717, 1.165) is 5.56 Å². The van der Waals surface area contributed by atoms with Gasteiger partial charge in [-0.2, -0.15) is 0 Å². The Morgan fingerprint density at radius 2 is 1.41 bits per heavy atom. The zero-order valence-electron chi connectivity index (χ0n) is 14.4. The maximum atomic E-state index is 13.9. The molecule has 0 aromatic heterocycles. The average molecular weight is 427 g/mol. The number of aryl methyl sites for hydroxylation is 1. The van der Waals surface area contributed by atoms with Crippen molar-refractivity contribution >= 4 is 39.1 Å². The summed E-state index contributed by atoms with van der Waals surface area (Å²) in [6, 6.07) is 18.0. The Bertz CT molecular complexity index is 1020. The molecular weight excluding hydrogens is 411 g/mol. The van der Waals surface area contributed by atoms with Gasteiger partial charge in [0.05, 0.1) is 22.5 Å². The van der Waals surface area contributed by atoms with Gasteiger partial charge in [-0.05, 0) is 64.8 Å². The van der Waals surface area contributed by atoms with Gasteiger partial charge in [-0.25, -0.2) is 4.39 Å². The monoisotopic (exact) mass is 426 g/mol. The second-order valence-corrected chi connectivity index (χ2v) is 6.77. The Kier molecular flexibility index (Phi) is 5.66. The molecule has 3 rings (SSSR count). The second kappa shape index (κ2) is 8.14. The predicted octanol–water partition coefficient (Wildman–Crippen LogP) is 5.40. The summed E-state index contributed by atoms with van der Waals surface area (Å²) < 4.78 is 14.6. The molecule has 0 heterocycles. The highest BCUT2D eigenvalue weighted by Crippen LogP contribution is 2.22. The largest absolute Gasteiger partial charge is 0.321 e. The number of hydrogen-bond donors (Lipinski definition) is 2. The molecule has 6 heteroatoms. The Morgan fingerprint density at radius 1 is 0.815 bits per heavy atom. The molecule has 0 fully saturated rings. The van der Waals surface area contributed by atoms with Crippen molar-refractivity contribution in [1.29, 1.82) is 0 Å². The van der Waals surface area contributed by atoms with Crippen LogP contribution in [0.25, 0.3) is 0 Å². The van der Waals surface area contributed by atoms with Crippen LogP contribution in [0.4, 0.5) is 15.8 Å². The zero-order valence-corrected chi connectivity index (χ0v) is 16.0. The van der Waals surface area contributed by atoms with Gasteiger partial charge < -0.3 is 10.6 Å². The van der Waals surface area contributed by atoms with Gasteiger partial charge in [0.2, 0.25) is 0 Å². The van der Waals surface area contributed by atoms with E-state index in [1.54, 1.807) is 67.6 Å². The van der Waals surface area contributed by atoms with E-state index in [9.17, 15) is 14.0 Å². The van der Waals surface area contributed by atoms with Crippen LogP contribution in [-0.2, 0) is 0 Å². The zero-order chi connectivity index (χ0) is 19.4. The highest BCUT2D eigenvalue weighted by Gasteiger charge is 2.16. The van der Waals surface area contributed by atoms with Crippen molar-refractivity contribution in [2.24, 2.45) is 0 Å². The summed E-state index contributed by atoms with van der Waals surface area (Å²) in [5.41, 5.74) is 1.93. The van der Waals surface area contributed by atoms with Crippen LogP contribution >= 0.6 is 15.9 Å². The molecule has 27 heavy (non-hydrogen) atoms. The van der Waals surface area contributed by atoms with Gasteiger partial charge in [0, 0.05) is 4.47 Å². The summed E-state index contributed by atoms with van der Waals surface area (Å²) in [5, 5.41) is 5.29. The maximum Gasteiger partial charge on any atom is 0.257 e. The number of amides is 2. The van der Waals surface area contributed by atoms with Crippen LogP contribution in [0.2, 0.25) is 0 Å². The van der Waals surface area contributed by atoms with Crippen LogP contribution in [0.15, 0.2) is 71.2 Å². The van der Waals surface area contributed by atoms with Crippen molar-refractivity contribution in [2.45, 2.75) is 6.92 Å². The highest BCUT2D eigenvalue weighted by molar-refractivity contribution is 9.10. The molecule has 2 N–H and O–H groups in total. The second-order valence-electron chi connectivity index (χ2n) is 5.92. The summed E-state index contributed by atoms with van der Waals surface area (Å²) in [4.78, 5) is 25.2. The van der Waals surface area contributed by atoms with Crippen LogP contribution in [0, 0.1) is 12.7 Å². The number of hydrogen-bond acceptors (Lipinski definition) is 2. The molecule has 3 aromatic rings. The number of nitrogens with one attached hydrogen (secondary N) is 2. The SMILES string of the molecule is Cc1ccc(F)c(NC(=O)c2ccccc2NC(=O)c2ccccc2Br)c1. The summed E-state index contributed by atoms with van der Waals surface area (Å²) >= 11 is 3.33. The van der Waals surface area contributed by atoms with E-state index in [4.69, 9.17) is 0 Å². The van der Waals surface area contributed by atoms with Crippen molar-refractivity contribution in [3.8, 4) is 0 Å². The Hall–Kier alpha value is -2.99. The molecule has 0 bridgehead atoms. The lowest BCUT2D eigenvalue weighted by atomic mass is 10.1. The fourth-order valence-electron chi connectivity index (χ4n) is 2.55. The van der Waals surface area contributed by atoms with Crippen molar-refractivity contribution in [2.75, 3.05) is 10.6 Å². The Labute approximate surface area is 164 Å². The van der Waals surface area contributed by atoms with Crippen molar-refractivity contribution in [3.63, 3.8) is 0 Å². The van der Waals surface area contributed by atoms with Crippen molar-refractivity contribution in [1.82, 2.24) is 0 Å². The third kappa shape index (κ3) is 4.41.